The molecule has 3 aromatic carbocycles. The quantitative estimate of drug-likeness (QED) is 0.235. The third-order valence-corrected chi connectivity index (χ3v) is 7.03. The summed E-state index contributed by atoms with van der Waals surface area (Å²) in [4.78, 5) is 0. The fraction of sp³-hybridized carbons (Fsp3) is 0.429. The number of hydrogen-bond acceptors (Lipinski definition) is 1. The average molecular weight is 495 g/mol. The van der Waals surface area contributed by atoms with Gasteiger partial charge in [0.15, 0.2) is 11.6 Å². The van der Waals surface area contributed by atoms with E-state index in [1.165, 1.54) is 50.2 Å². The Kier molecular flexibility index (Phi) is 7.62. The minimum atomic E-state index is -5.30. The van der Waals surface area contributed by atoms with Gasteiger partial charge in [-0.15, -0.1) is 13.2 Å². The topological polar surface area (TPSA) is 9.23 Å². The van der Waals surface area contributed by atoms with E-state index in [0.29, 0.717) is 23.1 Å². The molecule has 4 rings (SSSR count). The van der Waals surface area contributed by atoms with E-state index >= 15 is 0 Å². The van der Waals surface area contributed by atoms with E-state index in [9.17, 15) is 26.3 Å². The Morgan fingerprint density at radius 1 is 0.829 bits per heavy atom. The van der Waals surface area contributed by atoms with Crippen molar-refractivity contribution in [2.75, 3.05) is 0 Å². The summed E-state index contributed by atoms with van der Waals surface area (Å²) < 4.78 is 84.3. The maximum atomic E-state index is 14.8. The standard InChI is InChI=1S/C28H28F6O/c1-2-3-4-5-17-6-8-18(9-7-17)19-10-12-20(13-11-19)21-14-22-16-24(30)27(35-28(32,33)34)26(31)25(22)23(29)15-21/h10-18H,2-9H2,1H3/t17-,18-. The molecule has 3 aromatic rings. The van der Waals surface area contributed by atoms with Crippen LogP contribution >= 0.6 is 0 Å². The normalized spacial score (nSPS) is 18.7. The Morgan fingerprint density at radius 2 is 1.51 bits per heavy atom. The van der Waals surface area contributed by atoms with Crippen molar-refractivity contribution in [1.29, 1.82) is 0 Å². The van der Waals surface area contributed by atoms with Crippen LogP contribution in [0.4, 0.5) is 26.3 Å². The van der Waals surface area contributed by atoms with Crippen LogP contribution in [0, 0.1) is 23.4 Å². The summed E-state index contributed by atoms with van der Waals surface area (Å²) in [6.07, 6.45) is 4.56. The molecular weight excluding hydrogens is 466 g/mol. The molecule has 0 aliphatic heterocycles. The first-order valence-corrected chi connectivity index (χ1v) is 12.1. The smallest absolute Gasteiger partial charge is 0.399 e. The number of alkyl halides is 3. The van der Waals surface area contributed by atoms with Crippen LogP contribution in [-0.4, -0.2) is 6.36 Å². The first-order valence-electron chi connectivity index (χ1n) is 12.1. The molecule has 0 radical (unpaired) electrons. The summed E-state index contributed by atoms with van der Waals surface area (Å²) >= 11 is 0. The first-order chi connectivity index (χ1) is 16.7. The SMILES string of the molecule is CCCCC[C@H]1CC[C@H](c2ccc(-c3cc(F)c4c(F)c(OC(F)(F)F)c(F)cc4c3)cc2)CC1. The average Bonchev–Trinajstić information content (AvgIpc) is 2.81. The van der Waals surface area contributed by atoms with Crippen LogP contribution in [-0.2, 0) is 0 Å². The molecule has 0 amide bonds. The lowest BCUT2D eigenvalue weighted by Crippen LogP contribution is -2.19. The van der Waals surface area contributed by atoms with Gasteiger partial charge in [-0.1, -0.05) is 56.9 Å². The van der Waals surface area contributed by atoms with Gasteiger partial charge < -0.3 is 4.74 Å². The molecule has 1 aliphatic carbocycles. The summed E-state index contributed by atoms with van der Waals surface area (Å²) in [7, 11) is 0. The number of hydrogen-bond donors (Lipinski definition) is 0. The Morgan fingerprint density at radius 3 is 2.14 bits per heavy atom. The van der Waals surface area contributed by atoms with Gasteiger partial charge >= 0.3 is 6.36 Å². The zero-order chi connectivity index (χ0) is 25.2. The van der Waals surface area contributed by atoms with Gasteiger partial charge in [-0.05, 0) is 77.8 Å². The van der Waals surface area contributed by atoms with E-state index in [1.807, 2.05) is 24.3 Å². The van der Waals surface area contributed by atoms with Crippen LogP contribution < -0.4 is 4.74 Å². The predicted molar refractivity (Wildman–Crippen MR) is 125 cm³/mol. The van der Waals surface area contributed by atoms with Crippen molar-refractivity contribution in [3.8, 4) is 16.9 Å². The maximum absolute atomic E-state index is 14.8. The van der Waals surface area contributed by atoms with Crippen LogP contribution in [0.25, 0.3) is 21.9 Å². The number of fused-ring (bicyclic) bond motifs is 1. The van der Waals surface area contributed by atoms with E-state index in [0.717, 1.165) is 24.8 Å². The highest BCUT2D eigenvalue weighted by molar-refractivity contribution is 5.89. The third kappa shape index (κ3) is 5.93. The Hall–Kier alpha value is -2.70. The van der Waals surface area contributed by atoms with Gasteiger partial charge in [0.05, 0.1) is 5.39 Å². The van der Waals surface area contributed by atoms with Crippen LogP contribution in [0.1, 0.15) is 69.8 Å². The van der Waals surface area contributed by atoms with Crippen molar-refractivity contribution in [2.24, 2.45) is 5.92 Å². The van der Waals surface area contributed by atoms with Crippen LogP contribution in [0.5, 0.6) is 5.75 Å². The fourth-order valence-electron chi connectivity index (χ4n) is 5.18. The van der Waals surface area contributed by atoms with Gasteiger partial charge in [-0.25, -0.2) is 13.2 Å². The van der Waals surface area contributed by atoms with Crippen molar-refractivity contribution in [3.63, 3.8) is 0 Å². The highest BCUT2D eigenvalue weighted by Crippen LogP contribution is 2.40. The molecule has 1 saturated carbocycles. The summed E-state index contributed by atoms with van der Waals surface area (Å²) in [6.45, 7) is 2.22. The molecule has 0 atom stereocenters. The molecule has 0 N–H and O–H groups in total. The predicted octanol–water partition coefficient (Wildman–Crippen LogP) is 9.68. The second kappa shape index (κ2) is 10.5. The van der Waals surface area contributed by atoms with Crippen molar-refractivity contribution < 1.29 is 31.1 Å². The summed E-state index contributed by atoms with van der Waals surface area (Å²) in [6, 6.07) is 10.7. The van der Waals surface area contributed by atoms with Crippen LogP contribution in [0.3, 0.4) is 0 Å². The molecule has 0 aromatic heterocycles. The van der Waals surface area contributed by atoms with Gasteiger partial charge in [0.1, 0.15) is 5.82 Å². The zero-order valence-corrected chi connectivity index (χ0v) is 19.5. The number of halogens is 6. The number of unbranched alkanes of at least 4 members (excludes halogenated alkanes) is 2. The highest BCUT2D eigenvalue weighted by Gasteiger charge is 2.35. The first kappa shape index (κ1) is 25.4. The lowest BCUT2D eigenvalue weighted by atomic mass is 9.77. The zero-order valence-electron chi connectivity index (χ0n) is 19.5. The summed E-state index contributed by atoms with van der Waals surface area (Å²) in [5.74, 6) is -4.74. The third-order valence-electron chi connectivity index (χ3n) is 7.03. The molecule has 35 heavy (non-hydrogen) atoms. The summed E-state index contributed by atoms with van der Waals surface area (Å²) in [5.41, 5.74) is 2.25. The number of rotatable bonds is 7. The molecule has 0 saturated heterocycles. The molecule has 1 aliphatic rings. The minimum Gasteiger partial charge on any atom is -0.399 e. The van der Waals surface area contributed by atoms with E-state index in [-0.39, 0.29) is 5.39 Å². The molecule has 0 heterocycles. The van der Waals surface area contributed by atoms with Gasteiger partial charge in [-0.2, -0.15) is 0 Å². The molecule has 1 nitrogen and oxygen atoms in total. The minimum absolute atomic E-state index is 0.185. The van der Waals surface area contributed by atoms with Gasteiger partial charge in [0.2, 0.25) is 5.75 Å². The van der Waals surface area contributed by atoms with E-state index in [4.69, 9.17) is 0 Å². The molecule has 0 bridgehead atoms. The number of benzene rings is 3. The van der Waals surface area contributed by atoms with E-state index in [1.54, 1.807) is 0 Å². The largest absolute Gasteiger partial charge is 0.573 e. The van der Waals surface area contributed by atoms with E-state index < -0.39 is 34.9 Å². The van der Waals surface area contributed by atoms with Crippen molar-refractivity contribution in [2.45, 2.75) is 70.6 Å². The molecule has 0 spiro atoms. The van der Waals surface area contributed by atoms with Crippen molar-refractivity contribution >= 4 is 10.8 Å². The maximum Gasteiger partial charge on any atom is 0.573 e. The molecule has 1 fully saturated rings. The monoisotopic (exact) mass is 494 g/mol. The molecular formula is C28H28F6O. The van der Waals surface area contributed by atoms with Crippen LogP contribution in [0.2, 0.25) is 0 Å². The Labute approximate surface area is 201 Å². The Bertz CT molecular complexity index is 1160. The fourth-order valence-corrected chi connectivity index (χ4v) is 5.18. The van der Waals surface area contributed by atoms with Gasteiger partial charge in [0.25, 0.3) is 0 Å². The molecule has 7 heteroatoms. The lowest BCUT2D eigenvalue weighted by Gasteiger charge is -2.29. The number of ether oxygens (including phenoxy) is 1. The van der Waals surface area contributed by atoms with Crippen molar-refractivity contribution in [1.82, 2.24) is 0 Å². The Balaban J connectivity index is 1.52. The second-order valence-electron chi connectivity index (χ2n) is 9.44. The van der Waals surface area contributed by atoms with Gasteiger partial charge in [-0.3, -0.25) is 0 Å². The second-order valence-corrected chi connectivity index (χ2v) is 9.44. The highest BCUT2D eigenvalue weighted by atomic mass is 19.4. The van der Waals surface area contributed by atoms with E-state index in [2.05, 4.69) is 11.7 Å². The van der Waals surface area contributed by atoms with Gasteiger partial charge in [0, 0.05) is 0 Å². The summed E-state index contributed by atoms with van der Waals surface area (Å²) in [5, 5.41) is -0.934. The van der Waals surface area contributed by atoms with Crippen LogP contribution in [0.15, 0.2) is 42.5 Å². The molecule has 188 valence electrons. The van der Waals surface area contributed by atoms with Crippen molar-refractivity contribution in [3.05, 3.63) is 65.5 Å². The lowest BCUT2D eigenvalue weighted by molar-refractivity contribution is -0.276. The molecule has 0 unspecified atom stereocenters.